The highest BCUT2D eigenvalue weighted by atomic mass is 32.1. The van der Waals surface area contributed by atoms with Crippen LogP contribution in [0.3, 0.4) is 0 Å². The highest BCUT2D eigenvalue weighted by Gasteiger charge is 2.41. The van der Waals surface area contributed by atoms with Gasteiger partial charge in [0.15, 0.2) is 0 Å². The number of benzene rings is 3. The summed E-state index contributed by atoms with van der Waals surface area (Å²) in [4.78, 5) is 31.2. The molecule has 0 unspecified atom stereocenters. The van der Waals surface area contributed by atoms with Gasteiger partial charge in [-0.1, -0.05) is 67.5 Å². The Morgan fingerprint density at radius 2 is 1.51 bits per heavy atom. The molecule has 0 aliphatic heterocycles. The van der Waals surface area contributed by atoms with Crippen molar-refractivity contribution in [1.29, 1.82) is 0 Å². The van der Waals surface area contributed by atoms with Gasteiger partial charge in [0, 0.05) is 16.7 Å². The van der Waals surface area contributed by atoms with Gasteiger partial charge >= 0.3 is 6.09 Å². The first-order valence-corrected chi connectivity index (χ1v) is 13.3. The van der Waals surface area contributed by atoms with Crippen molar-refractivity contribution in [3.63, 3.8) is 0 Å². The Balaban J connectivity index is 1.45. The van der Waals surface area contributed by atoms with Gasteiger partial charge in [-0.05, 0) is 83.3 Å². The first-order chi connectivity index (χ1) is 18.0. The second-order valence-corrected chi connectivity index (χ2v) is 10.1. The van der Waals surface area contributed by atoms with E-state index >= 15 is 0 Å². The second-order valence-electron chi connectivity index (χ2n) is 9.16. The molecule has 1 heterocycles. The number of fused-ring (bicyclic) bond motifs is 3. The molecule has 4 aromatic rings. The second kappa shape index (κ2) is 10.1. The van der Waals surface area contributed by atoms with Gasteiger partial charge in [0.2, 0.25) is 5.78 Å². The van der Waals surface area contributed by atoms with Gasteiger partial charge in [-0.2, -0.15) is 0 Å². The minimum Gasteiger partial charge on any atom is -0.298 e. The lowest BCUT2D eigenvalue weighted by molar-refractivity contribution is 0.104. The lowest BCUT2D eigenvalue weighted by Crippen LogP contribution is -2.24. The van der Waals surface area contributed by atoms with E-state index < -0.39 is 6.09 Å². The first kappa shape index (κ1) is 24.7. The lowest BCUT2D eigenvalue weighted by Gasteiger charge is -2.30. The van der Waals surface area contributed by atoms with E-state index in [0.717, 1.165) is 28.8 Å². The zero-order chi connectivity index (χ0) is 26.0. The van der Waals surface area contributed by atoms with E-state index in [2.05, 4.69) is 48.6 Å². The molecule has 0 spiro atoms. The van der Waals surface area contributed by atoms with Gasteiger partial charge in [0.1, 0.15) is 0 Å². The Labute approximate surface area is 220 Å². The Kier molecular flexibility index (Phi) is 6.76. The third-order valence-electron chi connectivity index (χ3n) is 7.28. The Hall–Kier alpha value is -4.03. The fourth-order valence-electron chi connectivity index (χ4n) is 5.25. The number of rotatable bonds is 7. The summed E-state index contributed by atoms with van der Waals surface area (Å²) >= 11 is 1.47. The molecule has 1 aliphatic rings. The molecule has 3 aromatic carbocycles. The molecule has 5 rings (SSSR count). The van der Waals surface area contributed by atoms with Crippen LogP contribution < -0.4 is 5.32 Å². The molecule has 1 amide bonds. The van der Waals surface area contributed by atoms with Crippen LogP contribution in [-0.2, 0) is 10.3 Å². The number of thiophene rings is 1. The van der Waals surface area contributed by atoms with Crippen LogP contribution in [0.15, 0.2) is 89.4 Å². The van der Waals surface area contributed by atoms with Crippen LogP contribution in [0.1, 0.15) is 65.5 Å². The van der Waals surface area contributed by atoms with Crippen LogP contribution in [0.5, 0.6) is 0 Å². The normalized spacial score (nSPS) is 13.5. The third kappa shape index (κ3) is 4.49. The molecule has 5 nitrogen and oxygen atoms in total. The average Bonchev–Trinajstić information content (AvgIpc) is 3.56. The lowest BCUT2D eigenvalue weighted by atomic mass is 9.73. The van der Waals surface area contributed by atoms with Crippen molar-refractivity contribution in [3.8, 4) is 11.1 Å². The van der Waals surface area contributed by atoms with Gasteiger partial charge in [-0.15, -0.1) is 11.3 Å². The van der Waals surface area contributed by atoms with Gasteiger partial charge in [0.05, 0.1) is 10.6 Å². The smallest absolute Gasteiger partial charge is 0.298 e. The maximum Gasteiger partial charge on any atom is 0.437 e. The molecule has 0 saturated carbocycles. The standard InChI is InChI=1S/C31H28N2O3S/c1-4-31(5-2)26-18-21(20(3)33-36-30(35)32-23-10-7-6-8-11-23)13-15-24(26)25-16-14-22(19-27(25)31)29(34)28-12-9-17-37-28/h6-19H,4-5H2,1-3H3,(H,32,35)/b33-20+. The number of hydrogen-bond acceptors (Lipinski definition) is 5. The molecule has 0 bridgehead atoms. The van der Waals surface area contributed by atoms with E-state index in [1.54, 1.807) is 12.1 Å². The summed E-state index contributed by atoms with van der Waals surface area (Å²) in [5.41, 5.74) is 7.40. The van der Waals surface area contributed by atoms with Crippen molar-refractivity contribution in [3.05, 3.63) is 111 Å². The van der Waals surface area contributed by atoms with Crippen molar-refractivity contribution in [2.75, 3.05) is 5.32 Å². The number of para-hydroxylation sites is 1. The van der Waals surface area contributed by atoms with Gasteiger partial charge in [-0.3, -0.25) is 14.9 Å². The van der Waals surface area contributed by atoms with E-state index in [1.807, 2.05) is 54.8 Å². The molecule has 1 aliphatic carbocycles. The summed E-state index contributed by atoms with van der Waals surface area (Å²) in [5.74, 6) is 0.0597. The molecule has 0 fully saturated rings. The van der Waals surface area contributed by atoms with E-state index in [-0.39, 0.29) is 11.2 Å². The number of carbonyl (C=O) groups is 2. The zero-order valence-electron chi connectivity index (χ0n) is 21.1. The number of amides is 1. The highest BCUT2D eigenvalue weighted by molar-refractivity contribution is 7.12. The quantitative estimate of drug-likeness (QED) is 0.119. The predicted molar refractivity (Wildman–Crippen MR) is 150 cm³/mol. The van der Waals surface area contributed by atoms with E-state index in [0.29, 0.717) is 11.4 Å². The number of anilines is 1. The molecular formula is C31H28N2O3S. The van der Waals surface area contributed by atoms with E-state index in [1.165, 1.54) is 33.6 Å². The van der Waals surface area contributed by atoms with Crippen molar-refractivity contribution in [2.45, 2.75) is 39.0 Å². The van der Waals surface area contributed by atoms with Crippen molar-refractivity contribution >= 4 is 34.6 Å². The van der Waals surface area contributed by atoms with Gasteiger partial charge < -0.3 is 0 Å². The summed E-state index contributed by atoms with van der Waals surface area (Å²) in [6, 6.07) is 25.3. The topological polar surface area (TPSA) is 67.8 Å². The summed E-state index contributed by atoms with van der Waals surface area (Å²) in [7, 11) is 0. The van der Waals surface area contributed by atoms with Crippen molar-refractivity contribution in [1.82, 2.24) is 0 Å². The fraction of sp³-hybridized carbons (Fsp3) is 0.194. The maximum atomic E-state index is 13.1. The Morgan fingerprint density at radius 3 is 2.14 bits per heavy atom. The third-order valence-corrected chi connectivity index (χ3v) is 8.15. The van der Waals surface area contributed by atoms with E-state index in [4.69, 9.17) is 4.84 Å². The van der Waals surface area contributed by atoms with Crippen molar-refractivity contribution < 1.29 is 14.4 Å². The maximum absolute atomic E-state index is 13.1. The van der Waals surface area contributed by atoms with Crippen LogP contribution in [0, 0.1) is 0 Å². The average molecular weight is 509 g/mol. The first-order valence-electron chi connectivity index (χ1n) is 12.4. The highest BCUT2D eigenvalue weighted by Crippen LogP contribution is 2.53. The zero-order valence-corrected chi connectivity index (χ0v) is 21.9. The van der Waals surface area contributed by atoms with Gasteiger partial charge in [0.25, 0.3) is 0 Å². The minimum atomic E-state index is -0.640. The van der Waals surface area contributed by atoms with Crippen LogP contribution in [0.2, 0.25) is 0 Å². The van der Waals surface area contributed by atoms with E-state index in [9.17, 15) is 9.59 Å². The predicted octanol–water partition coefficient (Wildman–Crippen LogP) is 8.04. The molecule has 37 heavy (non-hydrogen) atoms. The molecular weight excluding hydrogens is 480 g/mol. The molecule has 1 N–H and O–H groups in total. The number of nitrogens with one attached hydrogen (secondary N) is 1. The molecule has 0 radical (unpaired) electrons. The monoisotopic (exact) mass is 508 g/mol. The minimum absolute atomic E-state index is 0.0597. The molecule has 0 saturated heterocycles. The number of carbonyl (C=O) groups excluding carboxylic acids is 2. The number of ketones is 1. The summed E-state index contributed by atoms with van der Waals surface area (Å²) in [6.07, 6.45) is 1.16. The van der Waals surface area contributed by atoms with Crippen LogP contribution in [-0.4, -0.2) is 17.6 Å². The number of nitrogens with zero attached hydrogens (tertiary/aromatic N) is 1. The van der Waals surface area contributed by atoms with Crippen LogP contribution in [0.25, 0.3) is 11.1 Å². The summed E-state index contributed by atoms with van der Waals surface area (Å²) in [5, 5.41) is 8.68. The van der Waals surface area contributed by atoms with Gasteiger partial charge in [-0.25, -0.2) is 4.79 Å². The summed E-state index contributed by atoms with van der Waals surface area (Å²) in [6.45, 7) is 6.22. The molecule has 6 heteroatoms. The Morgan fingerprint density at radius 1 is 0.865 bits per heavy atom. The van der Waals surface area contributed by atoms with Crippen molar-refractivity contribution in [2.24, 2.45) is 5.16 Å². The molecule has 0 atom stereocenters. The largest absolute Gasteiger partial charge is 0.437 e. The molecule has 1 aromatic heterocycles. The van der Waals surface area contributed by atoms with Crippen LogP contribution >= 0.6 is 11.3 Å². The number of oxime groups is 1. The SMILES string of the molecule is CCC1(CC)c2cc(C(=O)c3cccs3)ccc2-c2ccc(/C(C)=N/OC(=O)Nc3ccccc3)cc21. The fourth-order valence-corrected chi connectivity index (χ4v) is 5.93. The number of hydrogen-bond donors (Lipinski definition) is 1. The summed E-state index contributed by atoms with van der Waals surface area (Å²) < 4.78 is 0. The Bertz CT molecular complexity index is 1490. The van der Waals surface area contributed by atoms with Crippen LogP contribution in [0.4, 0.5) is 10.5 Å². The molecule has 186 valence electrons.